The summed E-state index contributed by atoms with van der Waals surface area (Å²) in [6.07, 6.45) is 0.579. The standard InChI is InChI=1S/C21H21FN2OS/c1-14-5-4-6-17(11-14)12-19-15(2)23-21(24(3)20(19)25)26-13-16-7-9-18(22)10-8-16/h4-11H,12-13H2,1-3H3. The molecule has 0 N–H and O–H groups in total. The van der Waals surface area contributed by atoms with Gasteiger partial charge in [0, 0.05) is 30.5 Å². The molecular weight excluding hydrogens is 347 g/mol. The number of aromatic nitrogens is 2. The average Bonchev–Trinajstić information content (AvgIpc) is 2.62. The lowest BCUT2D eigenvalue weighted by Gasteiger charge is -2.12. The van der Waals surface area contributed by atoms with Gasteiger partial charge in [0.05, 0.1) is 0 Å². The number of hydrogen-bond acceptors (Lipinski definition) is 3. The number of nitrogens with zero attached hydrogens (tertiary/aromatic N) is 2. The van der Waals surface area contributed by atoms with Crippen molar-refractivity contribution in [2.24, 2.45) is 7.05 Å². The molecule has 5 heteroatoms. The number of thioether (sulfide) groups is 1. The van der Waals surface area contributed by atoms with Crippen LogP contribution in [-0.4, -0.2) is 9.55 Å². The maximum absolute atomic E-state index is 13.0. The summed E-state index contributed by atoms with van der Waals surface area (Å²) >= 11 is 1.48. The molecule has 0 radical (unpaired) electrons. The van der Waals surface area contributed by atoms with Gasteiger partial charge in [0.1, 0.15) is 5.82 Å². The predicted octanol–water partition coefficient (Wildman–Crippen LogP) is 4.42. The molecule has 3 nitrogen and oxygen atoms in total. The minimum Gasteiger partial charge on any atom is -0.291 e. The summed E-state index contributed by atoms with van der Waals surface area (Å²) in [6, 6.07) is 14.6. The summed E-state index contributed by atoms with van der Waals surface area (Å²) in [4.78, 5) is 17.5. The molecule has 0 aliphatic carbocycles. The Morgan fingerprint density at radius 2 is 1.81 bits per heavy atom. The lowest BCUT2D eigenvalue weighted by molar-refractivity contribution is 0.627. The first kappa shape index (κ1) is 18.4. The van der Waals surface area contributed by atoms with Crippen LogP contribution in [0, 0.1) is 19.7 Å². The van der Waals surface area contributed by atoms with Gasteiger partial charge in [-0.1, -0.05) is 53.7 Å². The van der Waals surface area contributed by atoms with Gasteiger partial charge in [-0.3, -0.25) is 9.36 Å². The van der Waals surface area contributed by atoms with Gasteiger partial charge >= 0.3 is 0 Å². The Kier molecular flexibility index (Phi) is 5.57. The summed E-state index contributed by atoms with van der Waals surface area (Å²) in [5.41, 5.74) is 4.75. The largest absolute Gasteiger partial charge is 0.291 e. The third-order valence-corrected chi connectivity index (χ3v) is 5.40. The molecule has 2 aromatic carbocycles. The van der Waals surface area contributed by atoms with E-state index in [4.69, 9.17) is 0 Å². The SMILES string of the molecule is Cc1cccc(Cc2c(C)nc(SCc3ccc(F)cc3)n(C)c2=O)c1. The van der Waals surface area contributed by atoms with E-state index in [9.17, 15) is 9.18 Å². The van der Waals surface area contributed by atoms with Crippen LogP contribution in [0.5, 0.6) is 0 Å². The molecule has 0 amide bonds. The smallest absolute Gasteiger partial charge is 0.257 e. The van der Waals surface area contributed by atoms with Crippen LogP contribution in [0.3, 0.4) is 0 Å². The highest BCUT2D eigenvalue weighted by Gasteiger charge is 2.13. The third kappa shape index (κ3) is 4.22. The van der Waals surface area contributed by atoms with E-state index < -0.39 is 0 Å². The second-order valence-corrected chi connectivity index (χ2v) is 7.35. The first-order valence-corrected chi connectivity index (χ1v) is 9.42. The highest BCUT2D eigenvalue weighted by molar-refractivity contribution is 7.98. The lowest BCUT2D eigenvalue weighted by atomic mass is 10.0. The Morgan fingerprint density at radius 1 is 1.08 bits per heavy atom. The monoisotopic (exact) mass is 368 g/mol. The van der Waals surface area contributed by atoms with Crippen molar-refractivity contribution in [3.05, 3.63) is 92.6 Å². The van der Waals surface area contributed by atoms with Crippen LogP contribution in [0.25, 0.3) is 0 Å². The molecule has 0 aliphatic heterocycles. The number of aryl methyl sites for hydroxylation is 2. The summed E-state index contributed by atoms with van der Waals surface area (Å²) in [5.74, 6) is 0.387. The van der Waals surface area contributed by atoms with Gasteiger partial charge in [-0.2, -0.15) is 0 Å². The minimum atomic E-state index is -0.249. The topological polar surface area (TPSA) is 34.9 Å². The van der Waals surface area contributed by atoms with E-state index in [2.05, 4.69) is 11.1 Å². The Balaban J connectivity index is 1.83. The van der Waals surface area contributed by atoms with Crippen LogP contribution in [0.2, 0.25) is 0 Å². The molecule has 0 saturated carbocycles. The number of rotatable bonds is 5. The van der Waals surface area contributed by atoms with E-state index >= 15 is 0 Å². The summed E-state index contributed by atoms with van der Waals surface area (Å²) in [7, 11) is 1.75. The maximum atomic E-state index is 13.0. The zero-order valence-electron chi connectivity index (χ0n) is 15.1. The molecule has 0 aliphatic rings. The molecule has 0 saturated heterocycles. The highest BCUT2D eigenvalue weighted by atomic mass is 32.2. The Morgan fingerprint density at radius 3 is 2.50 bits per heavy atom. The quantitative estimate of drug-likeness (QED) is 0.494. The summed E-state index contributed by atoms with van der Waals surface area (Å²) in [6.45, 7) is 3.93. The minimum absolute atomic E-state index is 0.0133. The van der Waals surface area contributed by atoms with Crippen LogP contribution in [0.4, 0.5) is 4.39 Å². The zero-order chi connectivity index (χ0) is 18.7. The van der Waals surface area contributed by atoms with E-state index in [0.29, 0.717) is 17.3 Å². The Hall–Kier alpha value is -2.40. The van der Waals surface area contributed by atoms with E-state index in [0.717, 1.165) is 22.4 Å². The fourth-order valence-electron chi connectivity index (χ4n) is 2.82. The Labute approximate surface area is 156 Å². The van der Waals surface area contributed by atoms with Crippen LogP contribution in [-0.2, 0) is 19.2 Å². The van der Waals surface area contributed by atoms with Gasteiger partial charge < -0.3 is 0 Å². The van der Waals surface area contributed by atoms with Crippen LogP contribution < -0.4 is 5.56 Å². The second kappa shape index (κ2) is 7.87. The van der Waals surface area contributed by atoms with Crippen molar-refractivity contribution in [3.63, 3.8) is 0 Å². The molecule has 134 valence electrons. The van der Waals surface area contributed by atoms with Crippen molar-refractivity contribution in [1.82, 2.24) is 9.55 Å². The number of halogens is 1. The first-order valence-electron chi connectivity index (χ1n) is 8.43. The molecule has 3 rings (SSSR count). The highest BCUT2D eigenvalue weighted by Crippen LogP contribution is 2.21. The zero-order valence-corrected chi connectivity index (χ0v) is 15.9. The van der Waals surface area contributed by atoms with Crippen LogP contribution in [0.15, 0.2) is 58.5 Å². The van der Waals surface area contributed by atoms with Crippen LogP contribution >= 0.6 is 11.8 Å². The molecule has 1 heterocycles. The second-order valence-electron chi connectivity index (χ2n) is 6.40. The predicted molar refractivity (Wildman–Crippen MR) is 104 cm³/mol. The first-order chi connectivity index (χ1) is 12.4. The van der Waals surface area contributed by atoms with Crippen molar-refractivity contribution in [1.29, 1.82) is 0 Å². The summed E-state index contributed by atoms with van der Waals surface area (Å²) < 4.78 is 14.6. The van der Waals surface area contributed by atoms with E-state index in [1.807, 2.05) is 32.0 Å². The maximum Gasteiger partial charge on any atom is 0.257 e. The van der Waals surface area contributed by atoms with Gasteiger partial charge in [0.25, 0.3) is 5.56 Å². The number of hydrogen-bond donors (Lipinski definition) is 0. The molecule has 26 heavy (non-hydrogen) atoms. The normalized spacial score (nSPS) is 10.9. The van der Waals surface area contributed by atoms with Crippen molar-refractivity contribution < 1.29 is 4.39 Å². The van der Waals surface area contributed by atoms with Gasteiger partial charge in [-0.25, -0.2) is 9.37 Å². The van der Waals surface area contributed by atoms with Crippen molar-refractivity contribution in [2.75, 3.05) is 0 Å². The fourth-order valence-corrected chi connectivity index (χ4v) is 3.78. The van der Waals surface area contributed by atoms with Gasteiger partial charge in [0.2, 0.25) is 0 Å². The van der Waals surface area contributed by atoms with E-state index in [1.54, 1.807) is 23.7 Å². The molecule has 0 atom stereocenters. The van der Waals surface area contributed by atoms with Crippen LogP contribution in [0.1, 0.15) is 27.9 Å². The molecule has 0 bridgehead atoms. The van der Waals surface area contributed by atoms with E-state index in [1.165, 1.54) is 29.5 Å². The molecule has 0 spiro atoms. The van der Waals surface area contributed by atoms with Gasteiger partial charge in [-0.15, -0.1) is 0 Å². The molecule has 0 unspecified atom stereocenters. The fraction of sp³-hybridized carbons (Fsp3) is 0.238. The van der Waals surface area contributed by atoms with E-state index in [-0.39, 0.29) is 11.4 Å². The molecule has 0 fully saturated rings. The van der Waals surface area contributed by atoms with Crippen molar-refractivity contribution >= 4 is 11.8 Å². The molecule has 1 aromatic heterocycles. The Bertz CT molecular complexity index is 980. The molecular formula is C21H21FN2OS. The van der Waals surface area contributed by atoms with Gasteiger partial charge in [-0.05, 0) is 37.1 Å². The average molecular weight is 368 g/mol. The van der Waals surface area contributed by atoms with Crippen molar-refractivity contribution in [3.8, 4) is 0 Å². The van der Waals surface area contributed by atoms with Gasteiger partial charge in [0.15, 0.2) is 5.16 Å². The summed E-state index contributed by atoms with van der Waals surface area (Å²) in [5, 5.41) is 0.671. The third-order valence-electron chi connectivity index (χ3n) is 4.29. The lowest BCUT2D eigenvalue weighted by Crippen LogP contribution is -2.25. The molecule has 3 aromatic rings. The number of benzene rings is 2. The van der Waals surface area contributed by atoms with Crippen molar-refractivity contribution in [2.45, 2.75) is 31.2 Å².